The number of carbonyl (C=O) groups excluding carboxylic acids is 2. The van der Waals surface area contributed by atoms with Crippen LogP contribution in [0.3, 0.4) is 0 Å². The monoisotopic (exact) mass is 599 g/mol. The summed E-state index contributed by atoms with van der Waals surface area (Å²) in [5.41, 5.74) is 1.79. The predicted molar refractivity (Wildman–Crippen MR) is 160 cm³/mol. The van der Waals surface area contributed by atoms with Crippen molar-refractivity contribution >= 4 is 23.3 Å². The highest BCUT2D eigenvalue weighted by Gasteiger charge is 2.42. The van der Waals surface area contributed by atoms with Crippen LogP contribution in [0.5, 0.6) is 11.5 Å². The Balaban J connectivity index is 1.38. The summed E-state index contributed by atoms with van der Waals surface area (Å²) in [7, 11) is 3.09. The zero-order valence-corrected chi connectivity index (χ0v) is 24.5. The Morgan fingerprint density at radius 1 is 0.977 bits per heavy atom. The Labute approximate surface area is 253 Å². The Bertz CT molecular complexity index is 1740. The number of ether oxygens (including phenoxy) is 2. The molecule has 2 aliphatic heterocycles. The number of halogens is 2. The molecule has 1 saturated heterocycles. The first-order valence-corrected chi connectivity index (χ1v) is 14.3. The second-order valence-electron chi connectivity index (χ2n) is 10.8. The quantitative estimate of drug-likeness (QED) is 0.262. The standard InChI is InChI=1S/C33H31F2N5O4/c1-4-33(14-15-36-32(33)42)20-9-11-21(12-10-20)37-30-28-25(38-29(39-30)27-23(34)6-5-7-24(27)35)18-40(31(28)41)17-19-8-13-22(43-2)16-26(19)44-3/h5-13,16H,4,14-15,17-18H2,1-3H3,(H,36,42)(H,37,38,39). The number of hydrogen-bond donors (Lipinski definition) is 2. The van der Waals surface area contributed by atoms with Crippen LogP contribution in [0.4, 0.5) is 20.3 Å². The minimum Gasteiger partial charge on any atom is -0.497 e. The third-order valence-corrected chi connectivity index (χ3v) is 8.44. The van der Waals surface area contributed by atoms with Gasteiger partial charge in [-0.05, 0) is 54.8 Å². The molecule has 4 aromatic rings. The number of hydrogen-bond acceptors (Lipinski definition) is 7. The predicted octanol–water partition coefficient (Wildman–Crippen LogP) is 5.51. The lowest BCUT2D eigenvalue weighted by atomic mass is 9.77. The molecule has 3 aromatic carbocycles. The lowest BCUT2D eigenvalue weighted by Gasteiger charge is -2.25. The number of nitrogens with zero attached hydrogens (tertiary/aromatic N) is 3. The smallest absolute Gasteiger partial charge is 0.260 e. The molecule has 1 fully saturated rings. The Morgan fingerprint density at radius 3 is 2.36 bits per heavy atom. The first kappa shape index (κ1) is 29.0. The maximum absolute atomic E-state index is 14.9. The highest BCUT2D eigenvalue weighted by atomic mass is 19.1. The molecule has 1 atom stereocenters. The van der Waals surface area contributed by atoms with Crippen LogP contribution in [0.25, 0.3) is 11.4 Å². The van der Waals surface area contributed by atoms with Crippen molar-refractivity contribution in [3.63, 3.8) is 0 Å². The molecule has 2 aliphatic rings. The summed E-state index contributed by atoms with van der Waals surface area (Å²) in [6.45, 7) is 2.90. The maximum Gasteiger partial charge on any atom is 0.260 e. The van der Waals surface area contributed by atoms with Gasteiger partial charge >= 0.3 is 0 Å². The van der Waals surface area contributed by atoms with Crippen molar-refractivity contribution in [2.75, 3.05) is 26.1 Å². The second-order valence-corrected chi connectivity index (χ2v) is 10.8. The van der Waals surface area contributed by atoms with Gasteiger partial charge in [0.05, 0.1) is 44.0 Å². The van der Waals surface area contributed by atoms with E-state index in [9.17, 15) is 18.4 Å². The number of nitrogens with one attached hydrogen (secondary N) is 2. The Morgan fingerprint density at radius 2 is 1.73 bits per heavy atom. The molecule has 226 valence electrons. The van der Waals surface area contributed by atoms with E-state index in [1.54, 1.807) is 36.3 Å². The normalized spacial score (nSPS) is 17.4. The highest BCUT2D eigenvalue weighted by Crippen LogP contribution is 2.38. The third kappa shape index (κ3) is 4.97. The van der Waals surface area contributed by atoms with Crippen LogP contribution < -0.4 is 20.1 Å². The maximum atomic E-state index is 14.9. The SMILES string of the molecule is CCC1(c2ccc(Nc3nc(-c4c(F)cccc4F)nc4c3C(=O)N(Cc3ccc(OC)cc3OC)C4)cc2)CCNC1=O. The summed E-state index contributed by atoms with van der Waals surface area (Å²) in [4.78, 5) is 37.0. The number of methoxy groups -OCH3 is 2. The van der Waals surface area contributed by atoms with Gasteiger partial charge in [-0.25, -0.2) is 18.7 Å². The number of benzene rings is 3. The van der Waals surface area contributed by atoms with Gasteiger partial charge in [-0.2, -0.15) is 0 Å². The van der Waals surface area contributed by atoms with Crippen LogP contribution in [0.2, 0.25) is 0 Å². The molecule has 0 spiro atoms. The molecule has 2 amide bonds. The van der Waals surface area contributed by atoms with Gasteiger partial charge in [-0.3, -0.25) is 9.59 Å². The molecule has 1 unspecified atom stereocenters. The molecule has 2 N–H and O–H groups in total. The third-order valence-electron chi connectivity index (χ3n) is 8.44. The van der Waals surface area contributed by atoms with Crippen molar-refractivity contribution in [3.05, 3.63) is 94.7 Å². The van der Waals surface area contributed by atoms with Crippen molar-refractivity contribution in [1.82, 2.24) is 20.2 Å². The Hall–Kier alpha value is -5.06. The van der Waals surface area contributed by atoms with Crippen LogP contribution in [0.1, 0.15) is 46.9 Å². The van der Waals surface area contributed by atoms with Crippen molar-refractivity contribution in [2.24, 2.45) is 0 Å². The van der Waals surface area contributed by atoms with Gasteiger partial charge in [0.15, 0.2) is 5.82 Å². The van der Waals surface area contributed by atoms with Crippen LogP contribution >= 0.6 is 0 Å². The average Bonchev–Trinajstić information content (AvgIpc) is 3.56. The molecule has 0 bridgehead atoms. The molecular formula is C33H31F2N5O4. The number of aromatic nitrogens is 2. The van der Waals surface area contributed by atoms with E-state index in [0.717, 1.165) is 23.3 Å². The van der Waals surface area contributed by atoms with Gasteiger partial charge in [0.25, 0.3) is 5.91 Å². The zero-order chi connectivity index (χ0) is 31.0. The molecule has 9 nitrogen and oxygen atoms in total. The van der Waals surface area contributed by atoms with E-state index in [1.807, 2.05) is 25.1 Å². The minimum atomic E-state index is -0.816. The highest BCUT2D eigenvalue weighted by molar-refractivity contribution is 6.03. The van der Waals surface area contributed by atoms with Gasteiger partial charge in [-0.15, -0.1) is 0 Å². The van der Waals surface area contributed by atoms with Crippen LogP contribution in [0.15, 0.2) is 60.7 Å². The fraction of sp³-hybridized carbons (Fsp3) is 0.273. The first-order valence-electron chi connectivity index (χ1n) is 14.3. The van der Waals surface area contributed by atoms with Gasteiger partial charge in [-0.1, -0.05) is 25.1 Å². The number of rotatable bonds is 9. The average molecular weight is 600 g/mol. The minimum absolute atomic E-state index is 0.00469. The zero-order valence-electron chi connectivity index (χ0n) is 24.5. The van der Waals surface area contributed by atoms with Crippen molar-refractivity contribution in [1.29, 1.82) is 0 Å². The Kier molecular flexibility index (Phi) is 7.62. The molecule has 3 heterocycles. The van der Waals surface area contributed by atoms with Gasteiger partial charge < -0.3 is 25.0 Å². The van der Waals surface area contributed by atoms with Crippen LogP contribution in [0, 0.1) is 11.6 Å². The topological polar surface area (TPSA) is 106 Å². The van der Waals surface area contributed by atoms with Crippen molar-refractivity contribution in [2.45, 2.75) is 38.3 Å². The van der Waals surface area contributed by atoms with Gasteiger partial charge in [0, 0.05) is 23.9 Å². The summed E-state index contributed by atoms with van der Waals surface area (Å²) in [5.74, 6) is -0.864. The second kappa shape index (κ2) is 11.6. The van der Waals surface area contributed by atoms with Gasteiger partial charge in [0.2, 0.25) is 5.91 Å². The summed E-state index contributed by atoms with van der Waals surface area (Å²) < 4.78 is 40.5. The summed E-state index contributed by atoms with van der Waals surface area (Å²) in [6, 6.07) is 16.2. The molecule has 0 aliphatic carbocycles. The van der Waals surface area contributed by atoms with Crippen LogP contribution in [-0.2, 0) is 23.3 Å². The fourth-order valence-corrected chi connectivity index (χ4v) is 5.98. The number of carbonyl (C=O) groups is 2. The van der Waals surface area contributed by atoms with E-state index < -0.39 is 17.0 Å². The number of fused-ring (bicyclic) bond motifs is 1. The lowest BCUT2D eigenvalue weighted by molar-refractivity contribution is -0.124. The van der Waals surface area contributed by atoms with E-state index in [2.05, 4.69) is 20.6 Å². The van der Waals surface area contributed by atoms with E-state index in [1.165, 1.54) is 13.2 Å². The largest absolute Gasteiger partial charge is 0.497 e. The fourth-order valence-electron chi connectivity index (χ4n) is 5.98. The summed E-state index contributed by atoms with van der Waals surface area (Å²) >= 11 is 0. The van der Waals surface area contributed by atoms with Gasteiger partial charge in [0.1, 0.15) is 34.5 Å². The van der Waals surface area contributed by atoms with Crippen molar-refractivity contribution < 1.29 is 27.8 Å². The van der Waals surface area contributed by atoms with Crippen LogP contribution in [-0.4, -0.2) is 47.4 Å². The number of anilines is 2. The van der Waals surface area contributed by atoms with E-state index in [0.29, 0.717) is 42.3 Å². The summed E-state index contributed by atoms with van der Waals surface area (Å²) in [6.07, 6.45) is 1.36. The molecule has 0 saturated carbocycles. The molecular weight excluding hydrogens is 568 g/mol. The van der Waals surface area contributed by atoms with Crippen molar-refractivity contribution in [3.8, 4) is 22.9 Å². The number of amides is 2. The van der Waals surface area contributed by atoms with E-state index >= 15 is 0 Å². The molecule has 0 radical (unpaired) electrons. The molecule has 44 heavy (non-hydrogen) atoms. The first-order chi connectivity index (χ1) is 21.3. The van der Waals surface area contributed by atoms with E-state index in [-0.39, 0.29) is 47.7 Å². The molecule has 1 aromatic heterocycles. The molecule has 11 heteroatoms. The summed E-state index contributed by atoms with van der Waals surface area (Å²) in [5, 5.41) is 6.10. The lowest BCUT2D eigenvalue weighted by Crippen LogP contribution is -2.34. The van der Waals surface area contributed by atoms with E-state index in [4.69, 9.17) is 9.47 Å². The molecule has 6 rings (SSSR count).